The van der Waals surface area contributed by atoms with Crippen LogP contribution in [0.25, 0.3) is 11.1 Å². The predicted molar refractivity (Wildman–Crippen MR) is 97.6 cm³/mol. The van der Waals surface area contributed by atoms with Gasteiger partial charge in [0.1, 0.15) is 23.3 Å². The van der Waals surface area contributed by atoms with E-state index in [0.29, 0.717) is 22.4 Å². The molecule has 0 fully saturated rings. The summed E-state index contributed by atoms with van der Waals surface area (Å²) in [5.41, 5.74) is 13.8. The van der Waals surface area contributed by atoms with Crippen molar-refractivity contribution in [2.45, 2.75) is 12.5 Å². The number of halogens is 3. The van der Waals surface area contributed by atoms with Crippen LogP contribution in [-0.2, 0) is 6.42 Å². The van der Waals surface area contributed by atoms with Crippen LogP contribution in [0.15, 0.2) is 54.7 Å². The summed E-state index contributed by atoms with van der Waals surface area (Å²) in [5.74, 6) is -2.35. The third-order valence-corrected chi connectivity index (χ3v) is 4.14. The largest absolute Gasteiger partial charge is 0.384 e. The Morgan fingerprint density at radius 2 is 1.74 bits per heavy atom. The molecule has 0 aliphatic heterocycles. The highest BCUT2D eigenvalue weighted by atomic mass is 19.1. The van der Waals surface area contributed by atoms with Gasteiger partial charge in [0.2, 0.25) is 0 Å². The molecule has 138 valence electrons. The molecule has 0 aliphatic rings. The molecule has 4 nitrogen and oxygen atoms in total. The van der Waals surface area contributed by atoms with E-state index in [0.717, 1.165) is 6.07 Å². The van der Waals surface area contributed by atoms with Gasteiger partial charge in [0, 0.05) is 17.8 Å². The molecular formula is C20H17F3N4. The Kier molecular flexibility index (Phi) is 5.23. The maximum atomic E-state index is 13.8. The SMILES string of the molecule is N=C(N)c1cc(-c2cccnc2C(N)Cc2cc(F)cc(F)c2)ccc1F. The summed E-state index contributed by atoms with van der Waals surface area (Å²) in [7, 11) is 0. The molecule has 0 radical (unpaired) electrons. The van der Waals surface area contributed by atoms with Crippen molar-refractivity contribution in [1.29, 1.82) is 5.41 Å². The summed E-state index contributed by atoms with van der Waals surface area (Å²) in [4.78, 5) is 4.30. The van der Waals surface area contributed by atoms with E-state index in [2.05, 4.69) is 4.98 Å². The molecule has 1 heterocycles. The molecule has 1 unspecified atom stereocenters. The van der Waals surface area contributed by atoms with E-state index in [4.69, 9.17) is 16.9 Å². The van der Waals surface area contributed by atoms with Crippen molar-refractivity contribution >= 4 is 5.84 Å². The van der Waals surface area contributed by atoms with Crippen LogP contribution in [0.1, 0.15) is 22.9 Å². The van der Waals surface area contributed by atoms with E-state index in [1.807, 2.05) is 0 Å². The Balaban J connectivity index is 1.99. The minimum atomic E-state index is -0.678. The van der Waals surface area contributed by atoms with Crippen molar-refractivity contribution in [3.05, 3.63) is 89.0 Å². The number of nitrogens with one attached hydrogen (secondary N) is 1. The van der Waals surface area contributed by atoms with E-state index < -0.39 is 23.5 Å². The summed E-state index contributed by atoms with van der Waals surface area (Å²) in [6, 6.07) is 10.3. The van der Waals surface area contributed by atoms with E-state index in [-0.39, 0.29) is 17.8 Å². The zero-order chi connectivity index (χ0) is 19.6. The van der Waals surface area contributed by atoms with Gasteiger partial charge in [-0.3, -0.25) is 10.4 Å². The summed E-state index contributed by atoms with van der Waals surface area (Å²) < 4.78 is 40.7. The highest BCUT2D eigenvalue weighted by molar-refractivity contribution is 5.96. The summed E-state index contributed by atoms with van der Waals surface area (Å²) >= 11 is 0. The first-order chi connectivity index (χ1) is 12.8. The van der Waals surface area contributed by atoms with Gasteiger partial charge in [-0.2, -0.15) is 0 Å². The molecule has 0 saturated heterocycles. The average molecular weight is 370 g/mol. The number of aromatic nitrogens is 1. The van der Waals surface area contributed by atoms with Gasteiger partial charge in [-0.15, -0.1) is 0 Å². The topological polar surface area (TPSA) is 88.8 Å². The number of hydrogen-bond acceptors (Lipinski definition) is 3. The first-order valence-corrected chi connectivity index (χ1v) is 8.15. The van der Waals surface area contributed by atoms with Crippen LogP contribution < -0.4 is 11.5 Å². The van der Waals surface area contributed by atoms with Gasteiger partial charge in [0.05, 0.1) is 17.3 Å². The van der Waals surface area contributed by atoms with E-state index in [1.165, 1.54) is 30.3 Å². The Labute approximate surface area is 154 Å². The minimum Gasteiger partial charge on any atom is -0.384 e. The first kappa shape index (κ1) is 18.6. The number of pyridine rings is 1. The minimum absolute atomic E-state index is 0.0249. The molecule has 0 spiro atoms. The number of nitrogens with zero attached hydrogens (tertiary/aromatic N) is 1. The number of hydrogen-bond donors (Lipinski definition) is 3. The van der Waals surface area contributed by atoms with Gasteiger partial charge in [-0.25, -0.2) is 13.2 Å². The van der Waals surface area contributed by atoms with Crippen LogP contribution >= 0.6 is 0 Å². The van der Waals surface area contributed by atoms with E-state index in [1.54, 1.807) is 18.3 Å². The van der Waals surface area contributed by atoms with Gasteiger partial charge in [0.15, 0.2) is 0 Å². The van der Waals surface area contributed by atoms with Crippen LogP contribution in [0.4, 0.5) is 13.2 Å². The molecule has 27 heavy (non-hydrogen) atoms. The molecule has 0 aliphatic carbocycles. The lowest BCUT2D eigenvalue weighted by Gasteiger charge is -2.16. The second kappa shape index (κ2) is 7.59. The molecule has 3 aromatic rings. The standard InChI is InChI=1S/C20H17F3N4/c21-13-6-11(7-14(22)10-13)8-18(24)19-15(2-1-5-27-19)12-3-4-17(23)16(9-12)20(25)26/h1-7,9-10,18H,8,24H2,(H3,25,26). The van der Waals surface area contributed by atoms with E-state index >= 15 is 0 Å². The van der Waals surface area contributed by atoms with Crippen molar-refractivity contribution in [3.8, 4) is 11.1 Å². The van der Waals surface area contributed by atoms with Gasteiger partial charge >= 0.3 is 0 Å². The zero-order valence-corrected chi connectivity index (χ0v) is 14.2. The maximum absolute atomic E-state index is 13.8. The highest BCUT2D eigenvalue weighted by Crippen LogP contribution is 2.29. The molecule has 2 aromatic carbocycles. The summed E-state index contributed by atoms with van der Waals surface area (Å²) in [5, 5.41) is 7.49. The number of nitrogen functional groups attached to an aromatic ring is 1. The van der Waals surface area contributed by atoms with Gasteiger partial charge in [-0.05, 0) is 47.9 Å². The fourth-order valence-corrected chi connectivity index (χ4v) is 2.94. The van der Waals surface area contributed by atoms with Crippen molar-refractivity contribution < 1.29 is 13.2 Å². The van der Waals surface area contributed by atoms with Crippen LogP contribution in [0.2, 0.25) is 0 Å². The number of rotatable bonds is 5. The van der Waals surface area contributed by atoms with Gasteiger partial charge in [0.25, 0.3) is 0 Å². The third kappa shape index (κ3) is 4.15. The zero-order valence-electron chi connectivity index (χ0n) is 14.2. The Bertz CT molecular complexity index is 984. The third-order valence-electron chi connectivity index (χ3n) is 4.14. The monoisotopic (exact) mass is 370 g/mol. The molecule has 0 bridgehead atoms. The second-order valence-electron chi connectivity index (χ2n) is 6.13. The van der Waals surface area contributed by atoms with Crippen LogP contribution in [0.5, 0.6) is 0 Å². The van der Waals surface area contributed by atoms with Crippen LogP contribution in [0, 0.1) is 22.9 Å². The molecular weight excluding hydrogens is 353 g/mol. The Morgan fingerprint density at radius 1 is 1.04 bits per heavy atom. The van der Waals surface area contributed by atoms with Crippen LogP contribution in [-0.4, -0.2) is 10.8 Å². The average Bonchev–Trinajstić information content (AvgIpc) is 2.61. The molecule has 1 atom stereocenters. The molecule has 7 heteroatoms. The lowest BCUT2D eigenvalue weighted by molar-refractivity contribution is 0.576. The van der Waals surface area contributed by atoms with E-state index in [9.17, 15) is 13.2 Å². The van der Waals surface area contributed by atoms with Gasteiger partial charge < -0.3 is 11.5 Å². The molecule has 5 N–H and O–H groups in total. The predicted octanol–water partition coefficient (Wildman–Crippen LogP) is 3.69. The van der Waals surface area contributed by atoms with Crippen molar-refractivity contribution in [2.24, 2.45) is 11.5 Å². The quantitative estimate of drug-likeness (QED) is 0.473. The number of nitrogens with two attached hydrogens (primary N) is 2. The highest BCUT2D eigenvalue weighted by Gasteiger charge is 2.17. The maximum Gasteiger partial charge on any atom is 0.134 e. The fourth-order valence-electron chi connectivity index (χ4n) is 2.94. The molecule has 0 amide bonds. The Morgan fingerprint density at radius 3 is 2.41 bits per heavy atom. The lowest BCUT2D eigenvalue weighted by Crippen LogP contribution is -2.17. The molecule has 0 saturated carbocycles. The first-order valence-electron chi connectivity index (χ1n) is 8.15. The lowest BCUT2D eigenvalue weighted by atomic mass is 9.95. The molecule has 3 rings (SSSR count). The molecule has 1 aromatic heterocycles. The van der Waals surface area contributed by atoms with Gasteiger partial charge in [-0.1, -0.05) is 12.1 Å². The van der Waals surface area contributed by atoms with Crippen molar-refractivity contribution in [3.63, 3.8) is 0 Å². The summed E-state index contributed by atoms with van der Waals surface area (Å²) in [6.45, 7) is 0. The fraction of sp³-hybridized carbons (Fsp3) is 0.100. The second-order valence-corrected chi connectivity index (χ2v) is 6.13. The number of benzene rings is 2. The normalized spacial score (nSPS) is 12.0. The number of amidine groups is 1. The smallest absolute Gasteiger partial charge is 0.134 e. The Hall–Kier alpha value is -3.19. The van der Waals surface area contributed by atoms with Crippen LogP contribution in [0.3, 0.4) is 0 Å². The van der Waals surface area contributed by atoms with Crippen molar-refractivity contribution in [2.75, 3.05) is 0 Å². The van der Waals surface area contributed by atoms with Crippen molar-refractivity contribution in [1.82, 2.24) is 4.98 Å². The summed E-state index contributed by atoms with van der Waals surface area (Å²) in [6.07, 6.45) is 1.72.